The van der Waals surface area contributed by atoms with Gasteiger partial charge in [-0.25, -0.2) is 0 Å². The number of hydrogen-bond acceptors (Lipinski definition) is 3. The van der Waals surface area contributed by atoms with Crippen molar-refractivity contribution in [2.45, 2.75) is 51.2 Å². The lowest BCUT2D eigenvalue weighted by molar-refractivity contribution is -0.134. The first kappa shape index (κ1) is 24.1. The van der Waals surface area contributed by atoms with Crippen LogP contribution in [0, 0.1) is 5.92 Å². The van der Waals surface area contributed by atoms with Crippen LogP contribution >= 0.6 is 35.6 Å². The van der Waals surface area contributed by atoms with E-state index in [0.717, 1.165) is 38.3 Å². The van der Waals surface area contributed by atoms with Crippen LogP contribution in [0.1, 0.15) is 39.0 Å². The molecule has 2 unspecified atom stereocenters. The van der Waals surface area contributed by atoms with Crippen LogP contribution in [-0.4, -0.2) is 55.6 Å². The van der Waals surface area contributed by atoms with Gasteiger partial charge in [-0.05, 0) is 38.3 Å². The molecule has 1 aromatic rings. The Kier molecular flexibility index (Phi) is 9.82. The number of halogens is 2. The van der Waals surface area contributed by atoms with E-state index in [1.165, 1.54) is 12.8 Å². The minimum absolute atomic E-state index is 0. The van der Waals surface area contributed by atoms with Gasteiger partial charge >= 0.3 is 0 Å². The normalized spacial score (nSPS) is 20.9. The molecule has 162 valence electrons. The molecule has 1 saturated heterocycles. The Morgan fingerprint density at radius 2 is 2.03 bits per heavy atom. The van der Waals surface area contributed by atoms with Crippen molar-refractivity contribution in [3.63, 3.8) is 0 Å². The molecule has 0 bridgehead atoms. The van der Waals surface area contributed by atoms with E-state index in [-0.39, 0.29) is 42.0 Å². The minimum atomic E-state index is -0.0672. The number of aliphatic imine (C=N–C) groups is 1. The fraction of sp³-hybridized carbons (Fsp3) is 0.619. The van der Waals surface area contributed by atoms with E-state index in [0.29, 0.717) is 23.2 Å². The van der Waals surface area contributed by atoms with Crippen molar-refractivity contribution in [1.29, 1.82) is 0 Å². The van der Waals surface area contributed by atoms with Crippen molar-refractivity contribution in [1.82, 2.24) is 15.5 Å². The molecule has 1 aromatic carbocycles. The second kappa shape index (κ2) is 11.8. The second-order valence-electron chi connectivity index (χ2n) is 7.71. The summed E-state index contributed by atoms with van der Waals surface area (Å²) in [4.78, 5) is 18.9. The molecule has 1 aliphatic carbocycles. The van der Waals surface area contributed by atoms with Gasteiger partial charge in [-0.1, -0.05) is 36.6 Å². The molecule has 2 fully saturated rings. The zero-order valence-corrected chi connectivity index (χ0v) is 20.3. The molecule has 2 aliphatic rings. The summed E-state index contributed by atoms with van der Waals surface area (Å²) < 4.78 is 5.89. The fourth-order valence-corrected chi connectivity index (χ4v) is 4.12. The topological polar surface area (TPSA) is 66.0 Å². The number of nitrogens with one attached hydrogen (secondary N) is 2. The second-order valence-corrected chi connectivity index (χ2v) is 8.11. The Morgan fingerprint density at radius 3 is 2.72 bits per heavy atom. The molecule has 0 radical (unpaired) electrons. The Morgan fingerprint density at radius 1 is 1.31 bits per heavy atom. The highest BCUT2D eigenvalue weighted by Crippen LogP contribution is 2.28. The molecule has 1 saturated carbocycles. The zero-order valence-electron chi connectivity index (χ0n) is 17.2. The molecule has 1 aliphatic heterocycles. The predicted molar refractivity (Wildman–Crippen MR) is 128 cm³/mol. The summed E-state index contributed by atoms with van der Waals surface area (Å²) in [6.07, 6.45) is 5.38. The van der Waals surface area contributed by atoms with Gasteiger partial charge in [-0.2, -0.15) is 0 Å². The van der Waals surface area contributed by atoms with E-state index < -0.39 is 0 Å². The molecule has 0 aromatic heterocycles. The largest absolute Gasteiger partial charge is 0.487 e. The van der Waals surface area contributed by atoms with Crippen LogP contribution in [0.25, 0.3) is 0 Å². The lowest BCUT2D eigenvalue weighted by atomic mass is 10.1. The lowest BCUT2D eigenvalue weighted by Crippen LogP contribution is -2.47. The number of benzene rings is 1. The molecule has 8 heteroatoms. The highest BCUT2D eigenvalue weighted by molar-refractivity contribution is 14.0. The summed E-state index contributed by atoms with van der Waals surface area (Å²) in [5, 5.41) is 7.34. The number of carbonyl (C=O) groups is 1. The molecule has 2 N–H and O–H groups in total. The molecular formula is C21H32ClIN4O2. The molecule has 0 spiro atoms. The van der Waals surface area contributed by atoms with Crippen molar-refractivity contribution in [2.24, 2.45) is 10.9 Å². The summed E-state index contributed by atoms with van der Waals surface area (Å²) in [6.45, 7) is 4.17. The molecule has 1 heterocycles. The zero-order chi connectivity index (χ0) is 19.9. The van der Waals surface area contributed by atoms with Crippen LogP contribution in [-0.2, 0) is 4.79 Å². The van der Waals surface area contributed by atoms with E-state index in [9.17, 15) is 4.79 Å². The number of carbonyl (C=O) groups excluding carboxylic acids is 1. The predicted octanol–water partition coefficient (Wildman–Crippen LogP) is 3.68. The maximum absolute atomic E-state index is 12.6. The van der Waals surface area contributed by atoms with Crippen LogP contribution in [0.3, 0.4) is 0 Å². The smallest absolute Gasteiger partial charge is 0.225 e. The van der Waals surface area contributed by atoms with Gasteiger partial charge in [0.25, 0.3) is 0 Å². The lowest BCUT2D eigenvalue weighted by Gasteiger charge is -2.22. The molecular weight excluding hydrogens is 503 g/mol. The third kappa shape index (κ3) is 6.91. The van der Waals surface area contributed by atoms with Crippen molar-refractivity contribution >= 4 is 47.4 Å². The van der Waals surface area contributed by atoms with Crippen molar-refractivity contribution in [3.05, 3.63) is 29.3 Å². The average Bonchev–Trinajstić information content (AvgIpc) is 3.38. The van der Waals surface area contributed by atoms with E-state index in [2.05, 4.69) is 15.6 Å². The number of hydrogen-bond donors (Lipinski definition) is 2. The first-order valence-electron chi connectivity index (χ1n) is 10.2. The summed E-state index contributed by atoms with van der Waals surface area (Å²) in [5.74, 6) is 2.00. The van der Waals surface area contributed by atoms with Gasteiger partial charge in [0.1, 0.15) is 11.9 Å². The number of ether oxygens (including phenoxy) is 1. The van der Waals surface area contributed by atoms with Crippen LogP contribution in [0.15, 0.2) is 29.3 Å². The van der Waals surface area contributed by atoms with Crippen LogP contribution < -0.4 is 15.4 Å². The van der Waals surface area contributed by atoms with Gasteiger partial charge in [0.2, 0.25) is 5.91 Å². The molecule has 1 amide bonds. The Balaban J connectivity index is 0.00000300. The summed E-state index contributed by atoms with van der Waals surface area (Å²) >= 11 is 6.14. The molecule has 2 atom stereocenters. The van der Waals surface area contributed by atoms with E-state index in [1.807, 2.05) is 36.1 Å². The molecule has 6 nitrogen and oxygen atoms in total. The van der Waals surface area contributed by atoms with E-state index in [4.69, 9.17) is 16.3 Å². The summed E-state index contributed by atoms with van der Waals surface area (Å²) in [5.41, 5.74) is 0. The number of para-hydroxylation sites is 1. The molecule has 3 rings (SSSR count). The number of amides is 1. The number of likely N-dealkylation sites (tertiary alicyclic amines) is 1. The quantitative estimate of drug-likeness (QED) is 0.332. The summed E-state index contributed by atoms with van der Waals surface area (Å²) in [6, 6.07) is 7.69. The van der Waals surface area contributed by atoms with E-state index >= 15 is 0 Å². The Labute approximate surface area is 195 Å². The van der Waals surface area contributed by atoms with Gasteiger partial charge in [-0.3, -0.25) is 9.79 Å². The van der Waals surface area contributed by atoms with Crippen LogP contribution in [0.4, 0.5) is 0 Å². The standard InChI is InChI=1S/C21H31ClN4O2.HI/c1-15(28-19-10-6-5-9-18(19)22)13-24-21(23-2)25-17-11-12-26(14-17)20(27)16-7-3-4-8-16;/h5-6,9-10,15-17H,3-4,7-8,11-14H2,1-2H3,(H2,23,24,25);1H. The number of rotatable bonds is 6. The fourth-order valence-electron chi connectivity index (χ4n) is 3.94. The maximum atomic E-state index is 12.6. The maximum Gasteiger partial charge on any atom is 0.225 e. The van der Waals surface area contributed by atoms with Crippen molar-refractivity contribution < 1.29 is 9.53 Å². The van der Waals surface area contributed by atoms with Crippen molar-refractivity contribution in [3.8, 4) is 5.75 Å². The Bertz CT molecular complexity index is 697. The number of nitrogens with zero attached hydrogens (tertiary/aromatic N) is 2. The average molecular weight is 535 g/mol. The monoisotopic (exact) mass is 534 g/mol. The highest BCUT2D eigenvalue weighted by atomic mass is 127. The third-order valence-electron chi connectivity index (χ3n) is 5.49. The van der Waals surface area contributed by atoms with Gasteiger partial charge in [0, 0.05) is 32.1 Å². The number of guanidine groups is 1. The van der Waals surface area contributed by atoms with Gasteiger partial charge < -0.3 is 20.3 Å². The van der Waals surface area contributed by atoms with Crippen molar-refractivity contribution in [2.75, 3.05) is 26.7 Å². The van der Waals surface area contributed by atoms with Crippen LogP contribution in [0.5, 0.6) is 5.75 Å². The van der Waals surface area contributed by atoms with Gasteiger partial charge in [0.05, 0.1) is 11.6 Å². The minimum Gasteiger partial charge on any atom is -0.487 e. The van der Waals surface area contributed by atoms with Gasteiger partial charge in [-0.15, -0.1) is 24.0 Å². The molecule has 29 heavy (non-hydrogen) atoms. The Hall–Kier alpha value is -1.22. The SMILES string of the molecule is CN=C(NCC(C)Oc1ccccc1Cl)NC1CCN(C(=O)C2CCCC2)C1.I. The highest BCUT2D eigenvalue weighted by Gasteiger charge is 2.32. The van der Waals surface area contributed by atoms with E-state index in [1.54, 1.807) is 7.05 Å². The first-order valence-corrected chi connectivity index (χ1v) is 10.6. The summed E-state index contributed by atoms with van der Waals surface area (Å²) in [7, 11) is 1.76. The van der Waals surface area contributed by atoms with Gasteiger partial charge in [0.15, 0.2) is 5.96 Å². The first-order chi connectivity index (χ1) is 13.6. The third-order valence-corrected chi connectivity index (χ3v) is 5.80. The van der Waals surface area contributed by atoms with Crippen LogP contribution in [0.2, 0.25) is 5.02 Å².